The van der Waals surface area contributed by atoms with E-state index in [-0.39, 0.29) is 43.1 Å². The Balaban J connectivity index is 4.04. The number of hydrogen-bond acceptors (Lipinski definition) is 7. The zero-order valence-electron chi connectivity index (χ0n) is 19.0. The predicted molar refractivity (Wildman–Crippen MR) is 123 cm³/mol. The zero-order chi connectivity index (χ0) is 24.8. The van der Waals surface area contributed by atoms with E-state index in [9.17, 15) is 24.1 Å². The number of amides is 3. The fourth-order valence-corrected chi connectivity index (χ4v) is 3.34. The van der Waals surface area contributed by atoms with Crippen molar-refractivity contribution in [2.45, 2.75) is 70.7 Å². The Bertz CT molecular complexity index is 644. The first-order valence-corrected chi connectivity index (χ1v) is 12.7. The van der Waals surface area contributed by atoms with Crippen LogP contribution in [0.3, 0.4) is 0 Å². The van der Waals surface area contributed by atoms with Gasteiger partial charge in [0.2, 0.25) is 17.7 Å². The van der Waals surface area contributed by atoms with Crippen LogP contribution in [0, 0.1) is 5.41 Å². The SMILES string of the molecule is CCCCCCC(S)C(=O)NCCNC(=O)CCNC(=O)[C@H](O)C(C)(C)COP(=O)(O)O. The van der Waals surface area contributed by atoms with Gasteiger partial charge in [-0.1, -0.05) is 46.5 Å². The lowest BCUT2D eigenvalue weighted by Gasteiger charge is -2.29. The number of rotatable bonds is 17. The van der Waals surface area contributed by atoms with Gasteiger partial charge in [-0.05, 0) is 6.42 Å². The molecule has 0 spiro atoms. The van der Waals surface area contributed by atoms with Crippen LogP contribution in [0.25, 0.3) is 0 Å². The van der Waals surface area contributed by atoms with Gasteiger partial charge in [-0.15, -0.1) is 0 Å². The molecule has 0 aromatic carbocycles. The molecule has 6 N–H and O–H groups in total. The second kappa shape index (κ2) is 15.6. The maximum Gasteiger partial charge on any atom is 0.469 e. The van der Waals surface area contributed by atoms with E-state index in [0.717, 1.165) is 25.7 Å². The minimum atomic E-state index is -4.73. The maximum atomic E-state index is 12.0. The molecule has 3 amide bonds. The number of hydrogen-bond donors (Lipinski definition) is 7. The van der Waals surface area contributed by atoms with Gasteiger partial charge in [0.1, 0.15) is 6.10 Å². The lowest BCUT2D eigenvalue weighted by atomic mass is 9.87. The van der Waals surface area contributed by atoms with Gasteiger partial charge < -0.3 is 30.8 Å². The molecule has 11 nitrogen and oxygen atoms in total. The van der Waals surface area contributed by atoms with Gasteiger partial charge in [0.25, 0.3) is 0 Å². The summed E-state index contributed by atoms with van der Waals surface area (Å²) in [5, 5.41) is 17.4. The molecule has 188 valence electrons. The Kier molecular flexibility index (Phi) is 15.1. The summed E-state index contributed by atoms with van der Waals surface area (Å²) in [6, 6.07) is 0. The topological polar surface area (TPSA) is 174 Å². The molecule has 0 aliphatic heterocycles. The van der Waals surface area contributed by atoms with Crippen molar-refractivity contribution in [3.8, 4) is 0 Å². The molecule has 0 heterocycles. The molecule has 2 atom stereocenters. The Hall–Kier alpha value is -1.17. The van der Waals surface area contributed by atoms with Crippen LogP contribution in [-0.4, -0.2) is 70.2 Å². The second-order valence-electron chi connectivity index (χ2n) is 8.20. The summed E-state index contributed by atoms with van der Waals surface area (Å²) in [6.45, 7) is 4.85. The second-order valence-corrected chi connectivity index (χ2v) is 10.1. The molecule has 0 radical (unpaired) electrons. The van der Waals surface area contributed by atoms with E-state index < -0.39 is 31.9 Å². The molecule has 1 unspecified atom stereocenters. The van der Waals surface area contributed by atoms with Crippen molar-refractivity contribution < 1.29 is 38.4 Å². The van der Waals surface area contributed by atoms with Crippen LogP contribution >= 0.6 is 20.5 Å². The number of nitrogens with one attached hydrogen (secondary N) is 3. The molecule has 0 aromatic heterocycles. The average Bonchev–Trinajstić information content (AvgIpc) is 2.71. The quantitative estimate of drug-likeness (QED) is 0.0860. The fourth-order valence-electron chi connectivity index (χ4n) is 2.57. The van der Waals surface area contributed by atoms with Crippen LogP contribution in [0.4, 0.5) is 0 Å². The summed E-state index contributed by atoms with van der Waals surface area (Å²) in [6.07, 6.45) is 3.34. The van der Waals surface area contributed by atoms with Gasteiger partial charge in [-0.3, -0.25) is 18.9 Å². The van der Waals surface area contributed by atoms with Crippen molar-refractivity contribution in [1.29, 1.82) is 0 Å². The van der Waals surface area contributed by atoms with E-state index in [1.165, 1.54) is 13.8 Å². The smallest absolute Gasteiger partial charge is 0.383 e. The minimum Gasteiger partial charge on any atom is -0.383 e. The number of unbranched alkanes of at least 4 members (excludes halogenated alkanes) is 3. The van der Waals surface area contributed by atoms with Gasteiger partial charge in [0, 0.05) is 31.5 Å². The largest absolute Gasteiger partial charge is 0.469 e. The average molecular weight is 500 g/mol. The Morgan fingerprint density at radius 2 is 1.59 bits per heavy atom. The lowest BCUT2D eigenvalue weighted by Crippen LogP contribution is -2.46. The van der Waals surface area contributed by atoms with Crippen LogP contribution in [-0.2, 0) is 23.5 Å². The standard InChI is InChI=1S/C19H38N3O8PS/c1-4-5-6-7-8-14(32)17(25)22-12-11-20-15(23)9-10-21-18(26)16(24)19(2,3)13-30-31(27,28)29/h14,16,24,32H,4-13H2,1-3H3,(H,20,23)(H,21,26)(H,22,25)(H2,27,28,29)/t14?,16-/m0/s1. The van der Waals surface area contributed by atoms with Crippen molar-refractivity contribution in [3.05, 3.63) is 0 Å². The molecule has 0 aliphatic carbocycles. The van der Waals surface area contributed by atoms with Crippen molar-refractivity contribution in [2.75, 3.05) is 26.2 Å². The number of thiol groups is 1. The number of aliphatic hydroxyl groups excluding tert-OH is 1. The Morgan fingerprint density at radius 3 is 2.19 bits per heavy atom. The van der Waals surface area contributed by atoms with E-state index in [1.54, 1.807) is 0 Å². The Morgan fingerprint density at radius 1 is 1.00 bits per heavy atom. The van der Waals surface area contributed by atoms with Crippen LogP contribution in [0.5, 0.6) is 0 Å². The highest BCUT2D eigenvalue weighted by Crippen LogP contribution is 2.38. The summed E-state index contributed by atoms with van der Waals surface area (Å²) in [4.78, 5) is 53.2. The van der Waals surface area contributed by atoms with Gasteiger partial charge in [0.05, 0.1) is 11.9 Å². The third-order valence-electron chi connectivity index (χ3n) is 4.62. The number of carbonyl (C=O) groups is 3. The first kappa shape index (κ1) is 30.8. The van der Waals surface area contributed by atoms with Gasteiger partial charge in [-0.2, -0.15) is 12.6 Å². The summed E-state index contributed by atoms with van der Waals surface area (Å²) in [5.41, 5.74) is -1.26. The van der Waals surface area contributed by atoms with E-state index in [4.69, 9.17) is 9.79 Å². The van der Waals surface area contributed by atoms with Crippen molar-refractivity contribution in [2.24, 2.45) is 5.41 Å². The molecule has 0 bridgehead atoms. The zero-order valence-corrected chi connectivity index (χ0v) is 20.8. The molecule has 13 heteroatoms. The van der Waals surface area contributed by atoms with Crippen molar-refractivity contribution in [3.63, 3.8) is 0 Å². The molecule has 0 saturated heterocycles. The highest BCUT2D eigenvalue weighted by molar-refractivity contribution is 7.81. The summed E-state index contributed by atoms with van der Waals surface area (Å²) in [5.74, 6) is -1.31. The molecule has 0 rings (SSSR count). The van der Waals surface area contributed by atoms with E-state index in [2.05, 4.69) is 40.0 Å². The van der Waals surface area contributed by atoms with Crippen LogP contribution in [0.1, 0.15) is 59.3 Å². The van der Waals surface area contributed by atoms with Crippen LogP contribution in [0.15, 0.2) is 0 Å². The summed E-state index contributed by atoms with van der Waals surface area (Å²) in [7, 11) is -4.73. The van der Waals surface area contributed by atoms with Gasteiger partial charge in [0.15, 0.2) is 0 Å². The summed E-state index contributed by atoms with van der Waals surface area (Å²) < 4.78 is 15.1. The Labute approximate surface area is 195 Å². The number of carbonyl (C=O) groups excluding carboxylic acids is 3. The number of phosphoric acid groups is 1. The van der Waals surface area contributed by atoms with Crippen molar-refractivity contribution >= 4 is 38.2 Å². The number of phosphoric ester groups is 1. The third kappa shape index (κ3) is 14.8. The molecule has 0 fully saturated rings. The normalized spacial score (nSPS) is 13.8. The summed E-state index contributed by atoms with van der Waals surface area (Å²) >= 11 is 4.29. The van der Waals surface area contributed by atoms with E-state index in [0.29, 0.717) is 6.42 Å². The first-order valence-electron chi connectivity index (χ1n) is 10.7. The monoisotopic (exact) mass is 499 g/mol. The van der Waals surface area contributed by atoms with Crippen LogP contribution in [0.2, 0.25) is 0 Å². The fraction of sp³-hybridized carbons (Fsp3) is 0.842. The highest BCUT2D eigenvalue weighted by atomic mass is 32.1. The first-order chi connectivity index (χ1) is 14.8. The molecule has 32 heavy (non-hydrogen) atoms. The minimum absolute atomic E-state index is 0.0417. The maximum absolute atomic E-state index is 12.0. The third-order valence-corrected chi connectivity index (χ3v) is 5.58. The molecule has 0 aliphatic rings. The van der Waals surface area contributed by atoms with E-state index in [1.807, 2.05) is 0 Å². The highest BCUT2D eigenvalue weighted by Gasteiger charge is 2.35. The van der Waals surface area contributed by atoms with E-state index >= 15 is 0 Å². The van der Waals surface area contributed by atoms with Gasteiger partial charge in [-0.25, -0.2) is 4.57 Å². The molecule has 0 aromatic rings. The molecular weight excluding hydrogens is 461 g/mol. The van der Waals surface area contributed by atoms with Gasteiger partial charge >= 0.3 is 7.82 Å². The molecule has 0 saturated carbocycles. The molecular formula is C19H38N3O8PS. The van der Waals surface area contributed by atoms with Crippen LogP contribution < -0.4 is 16.0 Å². The van der Waals surface area contributed by atoms with Crippen molar-refractivity contribution in [1.82, 2.24) is 16.0 Å². The lowest BCUT2D eigenvalue weighted by molar-refractivity contribution is -0.137. The predicted octanol–water partition coefficient (Wildman–Crippen LogP) is 0.490. The number of aliphatic hydroxyl groups is 1.